The number of nitrogens with one attached hydrogen (secondary N) is 1. The summed E-state index contributed by atoms with van der Waals surface area (Å²) in [5.41, 5.74) is 2.52. The zero-order valence-electron chi connectivity index (χ0n) is 17.8. The van der Waals surface area contributed by atoms with E-state index in [1.807, 2.05) is 54.6 Å². The number of fused-ring (bicyclic) bond motifs is 1. The molecule has 0 aliphatic rings. The van der Waals surface area contributed by atoms with Gasteiger partial charge < -0.3 is 5.32 Å². The van der Waals surface area contributed by atoms with E-state index in [-0.39, 0.29) is 11.7 Å². The van der Waals surface area contributed by atoms with Crippen LogP contribution in [0.3, 0.4) is 0 Å². The Kier molecular flexibility index (Phi) is 6.55. The van der Waals surface area contributed by atoms with Gasteiger partial charge in [0.2, 0.25) is 5.01 Å². The Morgan fingerprint density at radius 2 is 1.59 bits per heavy atom. The summed E-state index contributed by atoms with van der Waals surface area (Å²) in [5.74, 6) is -0.0251. The molecule has 3 aromatic carbocycles. The highest BCUT2D eigenvalue weighted by molar-refractivity contribution is 7.98. The molecule has 0 aliphatic carbocycles. The van der Waals surface area contributed by atoms with Crippen LogP contribution in [0.5, 0.6) is 0 Å². The van der Waals surface area contributed by atoms with Crippen LogP contribution in [0.2, 0.25) is 0 Å². The van der Waals surface area contributed by atoms with E-state index in [1.54, 1.807) is 12.1 Å². The van der Waals surface area contributed by atoms with E-state index < -0.39 is 0 Å². The first kappa shape index (κ1) is 22.1. The molecule has 1 N–H and O–H groups in total. The van der Waals surface area contributed by atoms with Crippen LogP contribution in [-0.4, -0.2) is 26.3 Å². The molecule has 2 aromatic heterocycles. The fourth-order valence-electron chi connectivity index (χ4n) is 3.39. The van der Waals surface area contributed by atoms with Crippen LogP contribution in [0.25, 0.3) is 22.0 Å². The lowest BCUT2D eigenvalue weighted by atomic mass is 10.1. The summed E-state index contributed by atoms with van der Waals surface area (Å²) in [4.78, 5) is 12.4. The number of hydrogen-bond acceptors (Lipinski definition) is 7. The zero-order valence-corrected chi connectivity index (χ0v) is 19.4. The van der Waals surface area contributed by atoms with Crippen LogP contribution < -0.4 is 5.32 Å². The molecule has 0 saturated carbocycles. The van der Waals surface area contributed by atoms with Gasteiger partial charge in [0.15, 0.2) is 0 Å². The summed E-state index contributed by atoms with van der Waals surface area (Å²) in [5, 5.41) is 23.6. The van der Waals surface area contributed by atoms with Crippen LogP contribution >= 0.6 is 23.1 Å². The van der Waals surface area contributed by atoms with Crippen LogP contribution in [0.4, 0.5) is 4.39 Å². The summed E-state index contributed by atoms with van der Waals surface area (Å²) in [7, 11) is 0. The van der Waals surface area contributed by atoms with Crippen molar-refractivity contribution < 1.29 is 9.18 Å². The molecule has 0 bridgehead atoms. The number of benzene rings is 3. The zero-order chi connectivity index (χ0) is 23.3. The first-order chi connectivity index (χ1) is 16.7. The van der Waals surface area contributed by atoms with Gasteiger partial charge >= 0.3 is 0 Å². The lowest BCUT2D eigenvalue weighted by Gasteiger charge is -2.08. The summed E-state index contributed by atoms with van der Waals surface area (Å²) in [6, 6.07) is 23.8. The Labute approximate surface area is 203 Å². The normalized spacial score (nSPS) is 11.0. The van der Waals surface area contributed by atoms with E-state index in [4.69, 9.17) is 0 Å². The molecule has 0 fully saturated rings. The standard InChI is InChI=1S/C25H18FN5OS2/c26-18-12-10-17(11-13-18)22-19-8-4-5-9-20(19)24(30-29-22)33-15-21-28-31-25(34-21)23(32)27-14-16-6-2-1-3-7-16/h1-13H,14-15H2,(H,27,32). The molecule has 9 heteroatoms. The van der Waals surface area contributed by atoms with E-state index in [0.717, 1.165) is 31.9 Å². The van der Waals surface area contributed by atoms with Gasteiger partial charge in [0.05, 0.1) is 5.75 Å². The summed E-state index contributed by atoms with van der Waals surface area (Å²) >= 11 is 2.75. The molecule has 0 spiro atoms. The molecule has 2 heterocycles. The largest absolute Gasteiger partial charge is 0.346 e. The van der Waals surface area contributed by atoms with Crippen molar-refractivity contribution in [3.05, 3.63) is 100 Å². The van der Waals surface area contributed by atoms with Gasteiger partial charge in [-0.25, -0.2) is 4.39 Å². The van der Waals surface area contributed by atoms with E-state index in [1.165, 1.54) is 35.2 Å². The van der Waals surface area contributed by atoms with Crippen molar-refractivity contribution >= 4 is 39.8 Å². The second-order valence-corrected chi connectivity index (χ2v) is 9.39. The Bertz CT molecular complexity index is 1440. The van der Waals surface area contributed by atoms with E-state index in [9.17, 15) is 9.18 Å². The van der Waals surface area contributed by atoms with Crippen molar-refractivity contribution in [2.75, 3.05) is 0 Å². The molecule has 0 aliphatic heterocycles. The molecular weight excluding hydrogens is 469 g/mol. The number of carbonyl (C=O) groups is 1. The fourth-order valence-corrected chi connectivity index (χ4v) is 5.11. The van der Waals surface area contributed by atoms with Gasteiger partial charge in [-0.3, -0.25) is 4.79 Å². The molecule has 168 valence electrons. The molecule has 34 heavy (non-hydrogen) atoms. The topological polar surface area (TPSA) is 80.7 Å². The number of nitrogens with zero attached hydrogens (tertiary/aromatic N) is 4. The fraction of sp³-hybridized carbons (Fsp3) is 0.0800. The van der Waals surface area contributed by atoms with Gasteiger partial charge in [-0.1, -0.05) is 77.7 Å². The monoisotopic (exact) mass is 487 g/mol. The van der Waals surface area contributed by atoms with Gasteiger partial charge in [-0.2, -0.15) is 0 Å². The Morgan fingerprint density at radius 3 is 2.38 bits per heavy atom. The number of rotatable bonds is 7. The van der Waals surface area contributed by atoms with Gasteiger partial charge in [0.1, 0.15) is 21.5 Å². The SMILES string of the molecule is O=C(NCc1ccccc1)c1nnc(CSc2nnc(-c3ccc(F)cc3)c3ccccc23)s1. The van der Waals surface area contributed by atoms with Crippen molar-refractivity contribution in [1.29, 1.82) is 0 Å². The lowest BCUT2D eigenvalue weighted by molar-refractivity contribution is 0.0950. The van der Waals surface area contributed by atoms with E-state index in [0.29, 0.717) is 23.0 Å². The minimum atomic E-state index is -0.293. The van der Waals surface area contributed by atoms with Crippen molar-refractivity contribution in [3.8, 4) is 11.3 Å². The Hall–Kier alpha value is -3.69. The summed E-state index contributed by atoms with van der Waals surface area (Å²) in [6.07, 6.45) is 0. The van der Waals surface area contributed by atoms with Crippen LogP contribution in [0.15, 0.2) is 83.9 Å². The Morgan fingerprint density at radius 1 is 0.853 bits per heavy atom. The summed E-state index contributed by atoms with van der Waals surface area (Å²) < 4.78 is 13.3. The van der Waals surface area contributed by atoms with Crippen molar-refractivity contribution in [2.45, 2.75) is 17.3 Å². The molecule has 0 saturated heterocycles. The Balaban J connectivity index is 1.29. The molecule has 6 nitrogen and oxygen atoms in total. The lowest BCUT2D eigenvalue weighted by Crippen LogP contribution is -2.22. The summed E-state index contributed by atoms with van der Waals surface area (Å²) in [6.45, 7) is 0.436. The predicted molar refractivity (Wildman–Crippen MR) is 132 cm³/mol. The highest BCUT2D eigenvalue weighted by atomic mass is 32.2. The maximum Gasteiger partial charge on any atom is 0.282 e. The molecule has 5 aromatic rings. The first-order valence-electron chi connectivity index (χ1n) is 10.5. The average molecular weight is 488 g/mol. The van der Waals surface area contributed by atoms with Crippen molar-refractivity contribution in [3.63, 3.8) is 0 Å². The number of thioether (sulfide) groups is 1. The maximum absolute atomic E-state index is 13.3. The molecule has 0 radical (unpaired) electrons. The van der Waals surface area contributed by atoms with Crippen LogP contribution in [-0.2, 0) is 12.3 Å². The van der Waals surface area contributed by atoms with Gasteiger partial charge in [-0.05, 0) is 29.8 Å². The number of aromatic nitrogens is 4. The second-order valence-electron chi connectivity index (χ2n) is 7.36. The van der Waals surface area contributed by atoms with Crippen molar-refractivity contribution in [2.24, 2.45) is 0 Å². The molecule has 0 unspecified atom stereocenters. The third kappa shape index (κ3) is 4.95. The molecular formula is C25H18FN5OS2. The van der Waals surface area contributed by atoms with Gasteiger partial charge in [0, 0.05) is 22.9 Å². The molecule has 0 atom stereocenters. The van der Waals surface area contributed by atoms with E-state index in [2.05, 4.69) is 25.7 Å². The number of hydrogen-bond donors (Lipinski definition) is 1. The first-order valence-corrected chi connectivity index (χ1v) is 12.3. The number of carbonyl (C=O) groups excluding carboxylic acids is 1. The van der Waals surface area contributed by atoms with Crippen LogP contribution in [0, 0.1) is 5.82 Å². The minimum absolute atomic E-state index is 0.244. The highest BCUT2D eigenvalue weighted by Gasteiger charge is 2.15. The quantitative estimate of drug-likeness (QED) is 0.305. The third-order valence-corrected chi connectivity index (χ3v) is 7.16. The minimum Gasteiger partial charge on any atom is -0.346 e. The van der Waals surface area contributed by atoms with Crippen molar-refractivity contribution in [1.82, 2.24) is 25.7 Å². The van der Waals surface area contributed by atoms with E-state index >= 15 is 0 Å². The maximum atomic E-state index is 13.3. The number of amides is 1. The second kappa shape index (κ2) is 10.1. The molecule has 1 amide bonds. The van der Waals surface area contributed by atoms with Crippen LogP contribution in [0.1, 0.15) is 20.4 Å². The average Bonchev–Trinajstić information content (AvgIpc) is 3.36. The third-order valence-electron chi connectivity index (χ3n) is 5.06. The van der Waals surface area contributed by atoms with Gasteiger partial charge in [0.25, 0.3) is 5.91 Å². The van der Waals surface area contributed by atoms with Gasteiger partial charge in [-0.15, -0.1) is 20.4 Å². The predicted octanol–water partition coefficient (Wildman–Crippen LogP) is 5.51. The number of halogens is 1. The smallest absolute Gasteiger partial charge is 0.282 e. The highest BCUT2D eigenvalue weighted by Crippen LogP contribution is 2.33. The molecule has 5 rings (SSSR count).